The second kappa shape index (κ2) is 6.25. The summed E-state index contributed by atoms with van der Waals surface area (Å²) in [5, 5.41) is 0. The summed E-state index contributed by atoms with van der Waals surface area (Å²) in [5.74, 6) is 0.813. The van der Waals surface area contributed by atoms with Gasteiger partial charge in [0.05, 0.1) is 6.20 Å². The van der Waals surface area contributed by atoms with Crippen LogP contribution in [0.2, 0.25) is 0 Å². The van der Waals surface area contributed by atoms with Gasteiger partial charge in [-0.15, -0.1) is 0 Å². The molecule has 0 radical (unpaired) electrons. The Morgan fingerprint density at radius 2 is 1.52 bits per heavy atom. The smallest absolute Gasteiger partial charge is 0.282 e. The number of hydrogen-bond acceptors (Lipinski definition) is 5. The van der Waals surface area contributed by atoms with Crippen molar-refractivity contribution < 1.29 is 8.42 Å². The highest BCUT2D eigenvalue weighted by Crippen LogP contribution is 2.19. The van der Waals surface area contributed by atoms with Crippen LogP contribution in [0.3, 0.4) is 0 Å². The van der Waals surface area contributed by atoms with Gasteiger partial charge in [0.2, 0.25) is 0 Å². The van der Waals surface area contributed by atoms with Crippen molar-refractivity contribution in [2.45, 2.75) is 19.3 Å². The Hall–Kier alpha value is -1.25. The molecule has 7 nitrogen and oxygen atoms in total. The molecule has 1 aromatic heterocycles. The Kier molecular flexibility index (Phi) is 4.37. The second-order valence-electron chi connectivity index (χ2n) is 5.42. The van der Waals surface area contributed by atoms with Gasteiger partial charge in [-0.3, -0.25) is 4.98 Å². The van der Waals surface area contributed by atoms with Crippen LogP contribution in [0.5, 0.6) is 0 Å². The summed E-state index contributed by atoms with van der Waals surface area (Å²) in [5.41, 5.74) is 0. The molecule has 0 amide bonds. The van der Waals surface area contributed by atoms with E-state index in [0.717, 1.165) is 25.1 Å². The number of aromatic nitrogens is 2. The van der Waals surface area contributed by atoms with Gasteiger partial charge in [-0.25, -0.2) is 4.98 Å². The van der Waals surface area contributed by atoms with E-state index in [2.05, 4.69) is 14.9 Å². The zero-order chi connectivity index (χ0) is 14.7. The van der Waals surface area contributed by atoms with Crippen molar-refractivity contribution in [3.8, 4) is 0 Å². The van der Waals surface area contributed by atoms with Crippen LogP contribution in [0, 0.1) is 0 Å². The average Bonchev–Trinajstić information content (AvgIpc) is 2.57. The molecule has 0 bridgehead atoms. The van der Waals surface area contributed by atoms with Gasteiger partial charge in [0.25, 0.3) is 10.2 Å². The highest BCUT2D eigenvalue weighted by atomic mass is 32.2. The lowest BCUT2D eigenvalue weighted by Crippen LogP contribution is -2.54. The Balaban J connectivity index is 1.62. The zero-order valence-electron chi connectivity index (χ0n) is 12.1. The minimum absolute atomic E-state index is 0.509. The van der Waals surface area contributed by atoms with Gasteiger partial charge in [0, 0.05) is 51.7 Å². The highest BCUT2D eigenvalue weighted by molar-refractivity contribution is 7.86. The predicted octanol–water partition coefficient (Wildman–Crippen LogP) is 0.329. The van der Waals surface area contributed by atoms with Crippen LogP contribution in [0.1, 0.15) is 19.3 Å². The van der Waals surface area contributed by atoms with E-state index in [4.69, 9.17) is 0 Å². The number of rotatable bonds is 3. The summed E-state index contributed by atoms with van der Waals surface area (Å²) in [4.78, 5) is 10.4. The lowest BCUT2D eigenvalue weighted by molar-refractivity contribution is 0.295. The molecule has 0 spiro atoms. The Morgan fingerprint density at radius 1 is 0.857 bits per heavy atom. The normalized spacial score (nSPS) is 22.4. The maximum atomic E-state index is 12.6. The molecule has 0 unspecified atom stereocenters. The van der Waals surface area contributed by atoms with E-state index in [9.17, 15) is 8.42 Å². The molecule has 0 atom stereocenters. The van der Waals surface area contributed by atoms with E-state index >= 15 is 0 Å². The maximum Gasteiger partial charge on any atom is 0.282 e. The molecule has 8 heteroatoms. The first-order valence-corrected chi connectivity index (χ1v) is 8.84. The van der Waals surface area contributed by atoms with E-state index in [-0.39, 0.29) is 0 Å². The fourth-order valence-corrected chi connectivity index (χ4v) is 4.53. The summed E-state index contributed by atoms with van der Waals surface area (Å²) in [6.45, 7) is 3.65. The van der Waals surface area contributed by atoms with Crippen molar-refractivity contribution in [3.63, 3.8) is 0 Å². The Bertz CT molecular complexity index is 551. The Labute approximate surface area is 125 Å². The number of piperidine rings is 1. The largest absolute Gasteiger partial charge is 0.353 e. The quantitative estimate of drug-likeness (QED) is 0.804. The molecular formula is C13H21N5O2S. The van der Waals surface area contributed by atoms with Crippen molar-refractivity contribution in [1.82, 2.24) is 18.6 Å². The number of hydrogen-bond donors (Lipinski definition) is 0. The second-order valence-corrected chi connectivity index (χ2v) is 7.35. The standard InChI is InChI=1S/C13H21N5O2S/c19-21(20,17-6-2-1-3-7-17)18-10-8-16(9-11-18)13-12-14-4-5-15-13/h4-5,12H,1-3,6-11H2. The van der Waals surface area contributed by atoms with Crippen LogP contribution < -0.4 is 4.90 Å². The number of piperazine rings is 1. The molecule has 2 aliphatic heterocycles. The summed E-state index contributed by atoms with van der Waals surface area (Å²) >= 11 is 0. The van der Waals surface area contributed by atoms with Crippen molar-refractivity contribution in [2.75, 3.05) is 44.2 Å². The van der Waals surface area contributed by atoms with Gasteiger partial charge in [-0.2, -0.15) is 17.0 Å². The van der Waals surface area contributed by atoms with Crippen LogP contribution in [0.25, 0.3) is 0 Å². The first kappa shape index (κ1) is 14.7. The van der Waals surface area contributed by atoms with Crippen molar-refractivity contribution in [1.29, 1.82) is 0 Å². The summed E-state index contributed by atoms with van der Waals surface area (Å²) in [6, 6.07) is 0. The van der Waals surface area contributed by atoms with E-state index in [1.807, 2.05) is 0 Å². The van der Waals surface area contributed by atoms with E-state index in [1.54, 1.807) is 27.2 Å². The van der Waals surface area contributed by atoms with Gasteiger partial charge in [-0.05, 0) is 12.8 Å². The van der Waals surface area contributed by atoms with Gasteiger partial charge in [0.1, 0.15) is 5.82 Å². The molecule has 21 heavy (non-hydrogen) atoms. The van der Waals surface area contributed by atoms with Crippen LogP contribution >= 0.6 is 0 Å². The maximum absolute atomic E-state index is 12.6. The van der Waals surface area contributed by atoms with E-state index in [0.29, 0.717) is 39.3 Å². The monoisotopic (exact) mass is 311 g/mol. The molecule has 2 fully saturated rings. The van der Waals surface area contributed by atoms with E-state index in [1.165, 1.54) is 0 Å². The molecular weight excluding hydrogens is 290 g/mol. The third kappa shape index (κ3) is 3.17. The first-order valence-electron chi connectivity index (χ1n) is 7.44. The van der Waals surface area contributed by atoms with E-state index < -0.39 is 10.2 Å². The lowest BCUT2D eigenvalue weighted by Gasteiger charge is -2.37. The third-order valence-electron chi connectivity index (χ3n) is 4.08. The van der Waals surface area contributed by atoms with Crippen molar-refractivity contribution in [3.05, 3.63) is 18.6 Å². The topological polar surface area (TPSA) is 69.6 Å². The molecule has 3 heterocycles. The minimum Gasteiger partial charge on any atom is -0.353 e. The predicted molar refractivity (Wildman–Crippen MR) is 80.2 cm³/mol. The van der Waals surface area contributed by atoms with Crippen LogP contribution in [0.4, 0.5) is 5.82 Å². The van der Waals surface area contributed by atoms with Gasteiger partial charge in [-0.1, -0.05) is 6.42 Å². The fourth-order valence-electron chi connectivity index (χ4n) is 2.86. The SMILES string of the molecule is O=S(=O)(N1CCCCC1)N1CCN(c2cnccn2)CC1. The average molecular weight is 311 g/mol. The molecule has 0 saturated carbocycles. The lowest BCUT2D eigenvalue weighted by atomic mass is 10.2. The van der Waals surface area contributed by atoms with Crippen LogP contribution in [-0.4, -0.2) is 66.3 Å². The zero-order valence-corrected chi connectivity index (χ0v) is 12.9. The number of anilines is 1. The van der Waals surface area contributed by atoms with Gasteiger partial charge >= 0.3 is 0 Å². The fraction of sp³-hybridized carbons (Fsp3) is 0.692. The molecule has 0 aromatic carbocycles. The van der Waals surface area contributed by atoms with Crippen molar-refractivity contribution >= 4 is 16.0 Å². The molecule has 0 N–H and O–H groups in total. The summed E-state index contributed by atoms with van der Waals surface area (Å²) in [7, 11) is -3.29. The van der Waals surface area contributed by atoms with Crippen LogP contribution in [-0.2, 0) is 10.2 Å². The summed E-state index contributed by atoms with van der Waals surface area (Å²) < 4.78 is 28.4. The third-order valence-corrected chi connectivity index (χ3v) is 6.12. The van der Waals surface area contributed by atoms with Crippen molar-refractivity contribution in [2.24, 2.45) is 0 Å². The molecule has 2 saturated heterocycles. The molecule has 2 aliphatic rings. The molecule has 3 rings (SSSR count). The Morgan fingerprint density at radius 3 is 2.14 bits per heavy atom. The minimum atomic E-state index is -3.29. The number of nitrogens with zero attached hydrogens (tertiary/aromatic N) is 5. The molecule has 0 aliphatic carbocycles. The molecule has 116 valence electrons. The molecule has 1 aromatic rings. The summed E-state index contributed by atoms with van der Waals surface area (Å²) in [6.07, 6.45) is 8.09. The van der Waals surface area contributed by atoms with Gasteiger partial charge in [0.15, 0.2) is 0 Å². The highest BCUT2D eigenvalue weighted by Gasteiger charge is 2.33. The van der Waals surface area contributed by atoms with Crippen LogP contribution in [0.15, 0.2) is 18.6 Å². The van der Waals surface area contributed by atoms with Gasteiger partial charge < -0.3 is 4.90 Å². The first-order chi connectivity index (χ1) is 10.2.